The average molecular weight is 514 g/mol. The molecule has 27 heavy (non-hydrogen) atoms. The van der Waals surface area contributed by atoms with Crippen LogP contribution >= 0.6 is 45.3 Å². The van der Waals surface area contributed by atoms with Crippen LogP contribution in [-0.4, -0.2) is 12.6 Å². The maximum atomic E-state index is 10.7. The van der Waals surface area contributed by atoms with Gasteiger partial charge in [-0.05, 0) is 88.7 Å². The van der Waals surface area contributed by atoms with Crippen LogP contribution in [0.4, 0.5) is 0 Å². The summed E-state index contributed by atoms with van der Waals surface area (Å²) in [7, 11) is 0. The minimum absolute atomic E-state index is 0.723. The third kappa shape index (κ3) is 5.97. The number of carbonyl (C=O) groups excluding carboxylic acids is 2. The van der Waals surface area contributed by atoms with E-state index in [9.17, 15) is 9.59 Å². The first-order valence-corrected chi connectivity index (χ1v) is 12.8. The zero-order chi connectivity index (χ0) is 19.1. The molecular formula is C22H27IO2S2. The molecule has 0 bridgehead atoms. The summed E-state index contributed by atoms with van der Waals surface area (Å²) < 4.78 is 1.32. The molecule has 0 unspecified atom stereocenters. The number of hydrogen-bond acceptors (Lipinski definition) is 4. The van der Waals surface area contributed by atoms with Crippen LogP contribution < -0.4 is 0 Å². The van der Waals surface area contributed by atoms with E-state index in [-0.39, 0.29) is 0 Å². The molecular weight excluding hydrogens is 487 g/mol. The van der Waals surface area contributed by atoms with Crippen molar-refractivity contribution in [2.45, 2.75) is 76.0 Å². The topological polar surface area (TPSA) is 34.1 Å². The van der Waals surface area contributed by atoms with Crippen molar-refractivity contribution in [3.8, 4) is 0 Å². The molecule has 4 rings (SSSR count). The number of aldehydes is 2. The summed E-state index contributed by atoms with van der Waals surface area (Å²) in [5, 5.41) is 2.15. The molecule has 2 fully saturated rings. The Morgan fingerprint density at radius 1 is 0.815 bits per heavy atom. The first-order chi connectivity index (χ1) is 13.2. The molecule has 0 atom stereocenters. The van der Waals surface area contributed by atoms with Gasteiger partial charge in [0.25, 0.3) is 0 Å². The van der Waals surface area contributed by atoms with Gasteiger partial charge < -0.3 is 0 Å². The Hall–Kier alpha value is -0.530. The lowest BCUT2D eigenvalue weighted by atomic mass is 9.85. The normalized spacial score (nSPS) is 18.6. The van der Waals surface area contributed by atoms with E-state index in [0.29, 0.717) is 0 Å². The van der Waals surface area contributed by atoms with E-state index in [1.807, 2.05) is 0 Å². The quantitative estimate of drug-likeness (QED) is 0.308. The van der Waals surface area contributed by atoms with Crippen molar-refractivity contribution in [1.82, 2.24) is 0 Å². The van der Waals surface area contributed by atoms with Crippen LogP contribution in [0.5, 0.6) is 0 Å². The molecule has 2 aliphatic rings. The third-order valence-corrected chi connectivity index (χ3v) is 8.75. The molecule has 2 aromatic heterocycles. The van der Waals surface area contributed by atoms with Crippen LogP contribution in [-0.2, 0) is 0 Å². The van der Waals surface area contributed by atoms with Gasteiger partial charge in [-0.3, -0.25) is 9.59 Å². The largest absolute Gasteiger partial charge is 0.297 e. The SMILES string of the molecule is O=Cc1cc(C2CCCCC2)c(I)s1.O=Cc1cc(C2CCCCC2)cs1. The van der Waals surface area contributed by atoms with E-state index < -0.39 is 0 Å². The number of thiophene rings is 2. The lowest BCUT2D eigenvalue weighted by Gasteiger charge is -2.21. The van der Waals surface area contributed by atoms with E-state index in [1.54, 1.807) is 22.7 Å². The Bertz CT molecular complexity index is 737. The summed E-state index contributed by atoms with van der Waals surface area (Å²) in [5.74, 6) is 1.46. The maximum absolute atomic E-state index is 10.7. The van der Waals surface area contributed by atoms with E-state index >= 15 is 0 Å². The van der Waals surface area contributed by atoms with Crippen LogP contribution in [0.15, 0.2) is 17.5 Å². The minimum Gasteiger partial charge on any atom is -0.297 e. The molecule has 0 amide bonds. The first-order valence-electron chi connectivity index (χ1n) is 9.99. The summed E-state index contributed by atoms with van der Waals surface area (Å²) in [4.78, 5) is 22.9. The summed E-state index contributed by atoms with van der Waals surface area (Å²) in [6.45, 7) is 0. The highest BCUT2D eigenvalue weighted by atomic mass is 127. The predicted molar refractivity (Wildman–Crippen MR) is 124 cm³/mol. The zero-order valence-corrected chi connectivity index (χ0v) is 19.4. The number of carbonyl (C=O) groups is 2. The number of hydrogen-bond donors (Lipinski definition) is 0. The van der Waals surface area contributed by atoms with Crippen LogP contribution in [0, 0.1) is 2.88 Å². The molecule has 0 spiro atoms. The second-order valence-electron chi connectivity index (χ2n) is 7.57. The number of rotatable bonds is 4. The minimum atomic E-state index is 0.723. The van der Waals surface area contributed by atoms with Gasteiger partial charge in [0.1, 0.15) is 0 Å². The van der Waals surface area contributed by atoms with Gasteiger partial charge in [0.05, 0.1) is 12.6 Å². The number of halogens is 1. The molecule has 2 aliphatic carbocycles. The van der Waals surface area contributed by atoms with Crippen molar-refractivity contribution >= 4 is 57.8 Å². The predicted octanol–water partition coefficient (Wildman–Crippen LogP) is 7.82. The maximum Gasteiger partial charge on any atom is 0.160 e. The van der Waals surface area contributed by atoms with Gasteiger partial charge in [-0.25, -0.2) is 0 Å². The smallest absolute Gasteiger partial charge is 0.160 e. The van der Waals surface area contributed by atoms with Crippen LogP contribution in [0.25, 0.3) is 0 Å². The lowest BCUT2D eigenvalue weighted by Crippen LogP contribution is -2.04. The monoisotopic (exact) mass is 514 g/mol. The standard InChI is InChI=1S/C11H13IOS.C11H14OS/c12-11-10(6-9(7-13)14-11)8-4-2-1-3-5-8;12-7-11-6-10(8-13-11)9-4-2-1-3-5-9/h6-8H,1-5H2;6-9H,1-5H2. The van der Waals surface area contributed by atoms with Crippen molar-refractivity contribution in [3.05, 3.63) is 41.3 Å². The Balaban J connectivity index is 0.000000156. The van der Waals surface area contributed by atoms with E-state index in [0.717, 1.165) is 34.2 Å². The average Bonchev–Trinajstić information content (AvgIpc) is 3.36. The molecule has 0 radical (unpaired) electrons. The van der Waals surface area contributed by atoms with Crippen molar-refractivity contribution < 1.29 is 9.59 Å². The van der Waals surface area contributed by atoms with Crippen LogP contribution in [0.1, 0.15) is 107 Å². The molecule has 0 N–H and O–H groups in total. The van der Waals surface area contributed by atoms with Gasteiger partial charge in [0, 0.05) is 0 Å². The molecule has 0 aromatic carbocycles. The molecule has 2 heterocycles. The fourth-order valence-corrected chi connectivity index (χ4v) is 7.17. The first kappa shape index (κ1) is 21.2. The fraction of sp³-hybridized carbons (Fsp3) is 0.545. The molecule has 5 heteroatoms. The Labute approximate surface area is 183 Å². The highest BCUT2D eigenvalue weighted by molar-refractivity contribution is 14.1. The summed E-state index contributed by atoms with van der Waals surface area (Å²) in [6, 6.07) is 4.16. The van der Waals surface area contributed by atoms with Gasteiger partial charge in [0.15, 0.2) is 12.6 Å². The Morgan fingerprint density at radius 2 is 1.41 bits per heavy atom. The van der Waals surface area contributed by atoms with E-state index in [2.05, 4.69) is 40.1 Å². The molecule has 2 saturated carbocycles. The van der Waals surface area contributed by atoms with Gasteiger partial charge in [0.2, 0.25) is 0 Å². The van der Waals surface area contributed by atoms with Gasteiger partial charge in [-0.15, -0.1) is 22.7 Å². The van der Waals surface area contributed by atoms with Gasteiger partial charge in [-0.2, -0.15) is 0 Å². The van der Waals surface area contributed by atoms with Gasteiger partial charge >= 0.3 is 0 Å². The highest BCUT2D eigenvalue weighted by Gasteiger charge is 2.20. The Kier molecular flexibility index (Phi) is 8.52. The van der Waals surface area contributed by atoms with Crippen LogP contribution in [0.2, 0.25) is 0 Å². The van der Waals surface area contributed by atoms with E-state index in [4.69, 9.17) is 0 Å². The van der Waals surface area contributed by atoms with Gasteiger partial charge in [-0.1, -0.05) is 38.5 Å². The molecule has 0 saturated heterocycles. The summed E-state index contributed by atoms with van der Waals surface area (Å²) >= 11 is 5.57. The fourth-order valence-electron chi connectivity index (χ4n) is 4.23. The highest BCUT2D eigenvalue weighted by Crippen LogP contribution is 2.38. The molecule has 2 nitrogen and oxygen atoms in total. The second kappa shape index (κ2) is 10.9. The van der Waals surface area contributed by atoms with Crippen molar-refractivity contribution in [2.75, 3.05) is 0 Å². The van der Waals surface area contributed by atoms with Crippen molar-refractivity contribution in [2.24, 2.45) is 0 Å². The van der Waals surface area contributed by atoms with Crippen molar-refractivity contribution in [1.29, 1.82) is 0 Å². The lowest BCUT2D eigenvalue weighted by molar-refractivity contribution is 0.111. The molecule has 146 valence electrons. The second-order valence-corrected chi connectivity index (χ2v) is 11.4. The third-order valence-electron chi connectivity index (χ3n) is 5.73. The summed E-state index contributed by atoms with van der Waals surface area (Å²) in [5.41, 5.74) is 2.82. The Morgan fingerprint density at radius 3 is 1.93 bits per heavy atom. The zero-order valence-electron chi connectivity index (χ0n) is 15.6. The van der Waals surface area contributed by atoms with E-state index in [1.165, 1.54) is 78.2 Å². The van der Waals surface area contributed by atoms with Crippen LogP contribution in [0.3, 0.4) is 0 Å². The molecule has 0 aliphatic heterocycles. The van der Waals surface area contributed by atoms with Crippen molar-refractivity contribution in [3.63, 3.8) is 0 Å². The molecule has 2 aromatic rings. The summed E-state index contributed by atoms with van der Waals surface area (Å²) in [6.07, 6.45) is 15.4.